The first-order valence-electron chi connectivity index (χ1n) is 6.36. The van der Waals surface area contributed by atoms with E-state index >= 15 is 0 Å². The predicted molar refractivity (Wildman–Crippen MR) is 85.4 cm³/mol. The summed E-state index contributed by atoms with van der Waals surface area (Å²) in [5, 5.41) is 6.96. The van der Waals surface area contributed by atoms with Gasteiger partial charge >= 0.3 is 0 Å². The number of rotatable bonds is 5. The van der Waals surface area contributed by atoms with E-state index < -0.39 is 0 Å². The van der Waals surface area contributed by atoms with Gasteiger partial charge in [0.15, 0.2) is 0 Å². The van der Waals surface area contributed by atoms with Gasteiger partial charge in [0.25, 0.3) is 0 Å². The fourth-order valence-electron chi connectivity index (χ4n) is 2.10. The van der Waals surface area contributed by atoms with Crippen LogP contribution in [0.1, 0.15) is 42.8 Å². The lowest BCUT2D eigenvalue weighted by Gasteiger charge is -2.22. The Morgan fingerprint density at radius 2 is 2.00 bits per heavy atom. The van der Waals surface area contributed by atoms with Crippen LogP contribution in [0, 0.1) is 0 Å². The van der Waals surface area contributed by atoms with Gasteiger partial charge in [0.05, 0.1) is 10.0 Å². The summed E-state index contributed by atoms with van der Waals surface area (Å²) in [5.74, 6) is 0. The first-order chi connectivity index (χ1) is 9.11. The number of hydrogen-bond donors (Lipinski definition) is 1. The van der Waals surface area contributed by atoms with Gasteiger partial charge in [-0.2, -0.15) is 0 Å². The van der Waals surface area contributed by atoms with Crippen LogP contribution >= 0.6 is 34.5 Å². The van der Waals surface area contributed by atoms with Crippen LogP contribution in [-0.2, 0) is 0 Å². The molecule has 1 aromatic carbocycles. The van der Waals surface area contributed by atoms with Crippen LogP contribution in [0.15, 0.2) is 35.7 Å². The topological polar surface area (TPSA) is 12.0 Å². The number of benzene rings is 1. The molecule has 0 amide bonds. The van der Waals surface area contributed by atoms with E-state index in [1.54, 1.807) is 11.3 Å². The van der Waals surface area contributed by atoms with E-state index in [9.17, 15) is 0 Å². The molecule has 0 saturated carbocycles. The number of nitrogens with one attached hydrogen (secondary N) is 1. The lowest BCUT2D eigenvalue weighted by Crippen LogP contribution is -2.23. The molecule has 102 valence electrons. The van der Waals surface area contributed by atoms with Crippen LogP contribution in [0.5, 0.6) is 0 Å². The summed E-state index contributed by atoms with van der Waals surface area (Å²) in [5.41, 5.74) is 1.18. The Labute approximate surface area is 128 Å². The van der Waals surface area contributed by atoms with E-state index in [1.807, 2.05) is 18.2 Å². The maximum atomic E-state index is 6.09. The van der Waals surface area contributed by atoms with Gasteiger partial charge in [-0.3, -0.25) is 0 Å². The van der Waals surface area contributed by atoms with Gasteiger partial charge in [0.2, 0.25) is 0 Å². The zero-order chi connectivity index (χ0) is 13.8. The Bertz CT molecular complexity index is 525. The SMILES string of the molecule is CCC(NC(C)c1cccs1)c1ccc(Cl)c(Cl)c1. The molecule has 0 fully saturated rings. The normalized spacial score (nSPS) is 14.3. The van der Waals surface area contributed by atoms with Crippen molar-refractivity contribution in [3.63, 3.8) is 0 Å². The van der Waals surface area contributed by atoms with Gasteiger partial charge in [-0.15, -0.1) is 11.3 Å². The molecule has 0 spiro atoms. The Hall–Kier alpha value is -0.540. The standard InChI is InChI=1S/C15H17Cl2NS/c1-3-14(11-6-7-12(16)13(17)9-11)18-10(2)15-5-4-8-19-15/h4-10,14,18H,3H2,1-2H3. The van der Waals surface area contributed by atoms with E-state index in [2.05, 4.69) is 36.7 Å². The molecular formula is C15H17Cl2NS. The molecule has 0 aliphatic carbocycles. The van der Waals surface area contributed by atoms with Crippen molar-refractivity contribution in [3.8, 4) is 0 Å². The molecule has 1 nitrogen and oxygen atoms in total. The van der Waals surface area contributed by atoms with E-state index in [1.165, 1.54) is 10.4 Å². The van der Waals surface area contributed by atoms with Gasteiger partial charge in [-0.1, -0.05) is 42.3 Å². The highest BCUT2D eigenvalue weighted by atomic mass is 35.5. The van der Waals surface area contributed by atoms with Crippen LogP contribution in [0.2, 0.25) is 10.0 Å². The van der Waals surface area contributed by atoms with Crippen molar-refractivity contribution in [2.24, 2.45) is 0 Å². The largest absolute Gasteiger partial charge is 0.303 e. The monoisotopic (exact) mass is 313 g/mol. The molecule has 0 aliphatic rings. The third-order valence-corrected chi connectivity index (χ3v) is 4.97. The summed E-state index contributed by atoms with van der Waals surface area (Å²) < 4.78 is 0. The van der Waals surface area contributed by atoms with Crippen molar-refractivity contribution in [1.82, 2.24) is 5.32 Å². The molecule has 2 rings (SSSR count). The summed E-state index contributed by atoms with van der Waals surface area (Å²) in [6.07, 6.45) is 1.01. The molecule has 0 saturated heterocycles. The lowest BCUT2D eigenvalue weighted by atomic mass is 10.0. The van der Waals surface area contributed by atoms with Crippen molar-refractivity contribution < 1.29 is 0 Å². The highest BCUT2D eigenvalue weighted by molar-refractivity contribution is 7.10. The quantitative estimate of drug-likeness (QED) is 0.729. The number of hydrogen-bond acceptors (Lipinski definition) is 2. The number of halogens is 2. The van der Waals surface area contributed by atoms with Crippen LogP contribution in [0.25, 0.3) is 0 Å². The van der Waals surface area contributed by atoms with Crippen molar-refractivity contribution in [3.05, 3.63) is 56.2 Å². The highest BCUT2D eigenvalue weighted by Crippen LogP contribution is 2.29. The Morgan fingerprint density at radius 1 is 1.21 bits per heavy atom. The third kappa shape index (κ3) is 3.73. The molecule has 2 unspecified atom stereocenters. The van der Waals surface area contributed by atoms with Crippen molar-refractivity contribution in [2.75, 3.05) is 0 Å². The second-order valence-electron chi connectivity index (χ2n) is 4.54. The first kappa shape index (κ1) is 14.9. The minimum Gasteiger partial charge on any atom is -0.303 e. The molecule has 1 aromatic heterocycles. The van der Waals surface area contributed by atoms with Crippen LogP contribution in [-0.4, -0.2) is 0 Å². The van der Waals surface area contributed by atoms with Gasteiger partial charge in [0, 0.05) is 17.0 Å². The molecular weight excluding hydrogens is 297 g/mol. The summed E-state index contributed by atoms with van der Waals surface area (Å²) in [6, 6.07) is 10.7. The zero-order valence-corrected chi connectivity index (χ0v) is 13.3. The molecule has 19 heavy (non-hydrogen) atoms. The molecule has 0 radical (unpaired) electrons. The molecule has 2 aromatic rings. The maximum absolute atomic E-state index is 6.09. The van der Waals surface area contributed by atoms with E-state index in [-0.39, 0.29) is 6.04 Å². The number of thiophene rings is 1. The van der Waals surface area contributed by atoms with Crippen molar-refractivity contribution >= 4 is 34.5 Å². The fourth-order valence-corrected chi connectivity index (χ4v) is 3.15. The Morgan fingerprint density at radius 3 is 2.58 bits per heavy atom. The van der Waals surface area contributed by atoms with Crippen molar-refractivity contribution in [2.45, 2.75) is 32.4 Å². The van der Waals surface area contributed by atoms with Gasteiger partial charge in [-0.25, -0.2) is 0 Å². The molecule has 0 bridgehead atoms. The second-order valence-corrected chi connectivity index (χ2v) is 6.33. The Kier molecular flexibility index (Phi) is 5.28. The summed E-state index contributed by atoms with van der Waals surface area (Å²) >= 11 is 13.8. The van der Waals surface area contributed by atoms with Crippen LogP contribution in [0.3, 0.4) is 0 Å². The van der Waals surface area contributed by atoms with Gasteiger partial charge in [-0.05, 0) is 42.5 Å². The van der Waals surface area contributed by atoms with E-state index in [0.29, 0.717) is 16.1 Å². The maximum Gasteiger partial charge on any atom is 0.0595 e. The lowest BCUT2D eigenvalue weighted by molar-refractivity contribution is 0.460. The second kappa shape index (κ2) is 6.76. The predicted octanol–water partition coefficient (Wildman–Crippen LogP) is 5.86. The molecule has 0 aliphatic heterocycles. The minimum absolute atomic E-state index is 0.284. The average molecular weight is 314 g/mol. The first-order valence-corrected chi connectivity index (χ1v) is 7.99. The Balaban J connectivity index is 2.13. The third-order valence-electron chi connectivity index (χ3n) is 3.18. The summed E-state index contributed by atoms with van der Waals surface area (Å²) in [7, 11) is 0. The molecule has 4 heteroatoms. The minimum atomic E-state index is 0.284. The van der Waals surface area contributed by atoms with E-state index in [0.717, 1.165) is 6.42 Å². The van der Waals surface area contributed by atoms with Gasteiger partial charge < -0.3 is 5.32 Å². The van der Waals surface area contributed by atoms with Crippen molar-refractivity contribution in [1.29, 1.82) is 0 Å². The fraction of sp³-hybridized carbons (Fsp3) is 0.333. The van der Waals surface area contributed by atoms with Gasteiger partial charge in [0.1, 0.15) is 0 Å². The average Bonchev–Trinajstić information content (AvgIpc) is 2.93. The zero-order valence-electron chi connectivity index (χ0n) is 11.0. The van der Waals surface area contributed by atoms with E-state index in [4.69, 9.17) is 23.2 Å². The molecule has 1 heterocycles. The van der Waals surface area contributed by atoms with Crippen LogP contribution < -0.4 is 5.32 Å². The summed E-state index contributed by atoms with van der Waals surface area (Å²) in [6.45, 7) is 4.35. The summed E-state index contributed by atoms with van der Waals surface area (Å²) in [4.78, 5) is 1.35. The van der Waals surface area contributed by atoms with Crippen LogP contribution in [0.4, 0.5) is 0 Å². The molecule has 1 N–H and O–H groups in total. The smallest absolute Gasteiger partial charge is 0.0595 e. The molecule has 2 atom stereocenters. The highest BCUT2D eigenvalue weighted by Gasteiger charge is 2.15.